The van der Waals surface area contributed by atoms with Gasteiger partial charge in [-0.3, -0.25) is 0 Å². The first-order valence-electron chi connectivity index (χ1n) is 12.7. The molecule has 38 heavy (non-hydrogen) atoms. The molecule has 178 valence electrons. The molecule has 0 N–H and O–H groups in total. The topological polar surface area (TPSA) is 43.9 Å². The molecule has 0 aliphatic rings. The maximum absolute atomic E-state index is 6.44. The average Bonchev–Trinajstić information content (AvgIpc) is 3.38. The molecule has 0 amide bonds. The lowest BCUT2D eigenvalue weighted by Crippen LogP contribution is -1.98. The minimum absolute atomic E-state index is 0.677. The van der Waals surface area contributed by atoms with Crippen molar-refractivity contribution < 1.29 is 4.42 Å². The fourth-order valence-corrected chi connectivity index (χ4v) is 5.79. The Morgan fingerprint density at radius 2 is 1.00 bits per heavy atom. The number of hydrogen-bond donors (Lipinski definition) is 0. The molecule has 0 fully saturated rings. The van der Waals surface area contributed by atoms with E-state index in [9.17, 15) is 0 Å². The highest BCUT2D eigenvalue weighted by Gasteiger charge is 2.16. The van der Waals surface area contributed by atoms with Gasteiger partial charge >= 0.3 is 0 Å². The minimum Gasteiger partial charge on any atom is -0.451 e. The van der Waals surface area contributed by atoms with Gasteiger partial charge in [0.25, 0.3) is 0 Å². The Bertz CT molecular complexity index is 2150. The largest absolute Gasteiger partial charge is 0.451 e. The van der Waals surface area contributed by atoms with Crippen LogP contribution in [0.25, 0.3) is 71.1 Å². The molecule has 3 aromatic heterocycles. The third-order valence-electron chi connectivity index (χ3n) is 7.40. The molecular weight excluding hydrogens is 466 g/mol. The summed E-state index contributed by atoms with van der Waals surface area (Å²) in [6, 6.07) is 40.9. The number of para-hydroxylation sites is 3. The first kappa shape index (κ1) is 20.9. The summed E-state index contributed by atoms with van der Waals surface area (Å²) in [4.78, 5) is 8.72. The number of benzene rings is 5. The molecule has 0 saturated carbocycles. The standard InChI is InChI=1S/C34H21N3O/c1-3-12-24-22(10-1)23-11-2-4-13-25(23)27-15-6-8-18-30(27)37(29-17-7-5-14-26(24)29)31-19-9-16-28-33-32(38-34(28)31)20-35-21-36-33/h1-21H. The van der Waals surface area contributed by atoms with Gasteiger partial charge in [-0.15, -0.1) is 0 Å². The highest BCUT2D eigenvalue weighted by atomic mass is 16.3. The third-order valence-corrected chi connectivity index (χ3v) is 7.40. The molecule has 5 aromatic carbocycles. The van der Waals surface area contributed by atoms with Crippen LogP contribution in [0.1, 0.15) is 0 Å². The van der Waals surface area contributed by atoms with Gasteiger partial charge in [-0.05, 0) is 45.8 Å². The van der Waals surface area contributed by atoms with Gasteiger partial charge in [-0.25, -0.2) is 9.97 Å². The maximum atomic E-state index is 6.44. The van der Waals surface area contributed by atoms with Crippen molar-refractivity contribution in [1.82, 2.24) is 14.5 Å². The van der Waals surface area contributed by atoms with Crippen molar-refractivity contribution in [3.05, 3.63) is 128 Å². The van der Waals surface area contributed by atoms with Gasteiger partial charge in [0.1, 0.15) is 11.8 Å². The van der Waals surface area contributed by atoms with E-state index >= 15 is 0 Å². The monoisotopic (exact) mass is 487 g/mol. The zero-order valence-electron chi connectivity index (χ0n) is 20.4. The fraction of sp³-hybridized carbons (Fsp3) is 0. The van der Waals surface area contributed by atoms with Crippen molar-refractivity contribution in [3.8, 4) is 5.69 Å². The lowest BCUT2D eigenvalue weighted by molar-refractivity contribution is 0.663. The summed E-state index contributed by atoms with van der Waals surface area (Å²) in [6.07, 6.45) is 3.31. The molecule has 4 nitrogen and oxygen atoms in total. The Labute approximate surface area is 217 Å². The second kappa shape index (κ2) is 8.15. The molecular formula is C34H21N3O. The molecule has 0 spiro atoms. The van der Waals surface area contributed by atoms with Crippen LogP contribution in [-0.2, 0) is 0 Å². The molecule has 8 aromatic rings. The van der Waals surface area contributed by atoms with E-state index in [1.165, 1.54) is 21.5 Å². The zero-order valence-corrected chi connectivity index (χ0v) is 20.4. The molecule has 0 unspecified atom stereocenters. The summed E-state index contributed by atoms with van der Waals surface area (Å²) in [5.74, 6) is 0. The van der Waals surface area contributed by atoms with Crippen LogP contribution in [0.3, 0.4) is 0 Å². The van der Waals surface area contributed by atoms with Crippen molar-refractivity contribution >= 4 is 65.4 Å². The van der Waals surface area contributed by atoms with Gasteiger partial charge < -0.3 is 8.98 Å². The summed E-state index contributed by atoms with van der Waals surface area (Å²) in [5.41, 5.74) is 5.40. The number of fused-ring (bicyclic) bond motifs is 10. The van der Waals surface area contributed by atoms with E-state index in [1.807, 2.05) is 0 Å². The van der Waals surface area contributed by atoms with Crippen LogP contribution >= 0.6 is 0 Å². The number of nitrogens with zero attached hydrogens (tertiary/aromatic N) is 3. The number of hydrogen-bond acceptors (Lipinski definition) is 3. The van der Waals surface area contributed by atoms with E-state index in [4.69, 9.17) is 4.42 Å². The van der Waals surface area contributed by atoms with Gasteiger partial charge in [-0.1, -0.05) is 91.0 Å². The van der Waals surface area contributed by atoms with Gasteiger partial charge in [0.15, 0.2) is 11.2 Å². The van der Waals surface area contributed by atoms with E-state index in [-0.39, 0.29) is 0 Å². The summed E-state index contributed by atoms with van der Waals surface area (Å²) < 4.78 is 8.78. The van der Waals surface area contributed by atoms with Crippen LogP contribution < -0.4 is 0 Å². The van der Waals surface area contributed by atoms with Crippen molar-refractivity contribution in [2.45, 2.75) is 0 Å². The predicted octanol–water partition coefficient (Wildman–Crippen LogP) is 8.90. The van der Waals surface area contributed by atoms with Crippen LogP contribution in [0.2, 0.25) is 0 Å². The normalized spacial score (nSPS) is 11.7. The van der Waals surface area contributed by atoms with Gasteiger partial charge in [0.05, 0.1) is 22.9 Å². The number of furan rings is 1. The van der Waals surface area contributed by atoms with E-state index in [1.54, 1.807) is 12.5 Å². The molecule has 4 heteroatoms. The smallest absolute Gasteiger partial charge is 0.172 e. The number of rotatable bonds is 1. The van der Waals surface area contributed by atoms with Gasteiger partial charge in [0, 0.05) is 16.2 Å². The van der Waals surface area contributed by atoms with Gasteiger partial charge in [-0.2, -0.15) is 0 Å². The second-order valence-electron chi connectivity index (χ2n) is 9.45. The summed E-state index contributed by atoms with van der Waals surface area (Å²) >= 11 is 0. The SMILES string of the molecule is c1ccc2c(c1)c1ccccc1c1ccccc1n(-c1cccc3c1oc1cncnc13)c1ccccc21. The molecule has 3 heterocycles. The first-order valence-corrected chi connectivity index (χ1v) is 12.7. The molecule has 0 radical (unpaired) electrons. The first-order chi connectivity index (χ1) is 18.9. The average molecular weight is 488 g/mol. The molecule has 0 aliphatic heterocycles. The Balaban J connectivity index is 1.74. The highest BCUT2D eigenvalue weighted by molar-refractivity contribution is 6.19. The molecule has 0 bridgehead atoms. The number of aromatic nitrogens is 3. The quantitative estimate of drug-likeness (QED) is 0.232. The van der Waals surface area contributed by atoms with Crippen molar-refractivity contribution in [2.75, 3.05) is 0 Å². The highest BCUT2D eigenvalue weighted by Crippen LogP contribution is 2.37. The van der Waals surface area contributed by atoms with E-state index < -0.39 is 0 Å². The van der Waals surface area contributed by atoms with Crippen LogP contribution in [-0.4, -0.2) is 14.5 Å². The van der Waals surface area contributed by atoms with Gasteiger partial charge in [0.2, 0.25) is 0 Å². The lowest BCUT2D eigenvalue weighted by Gasteiger charge is -2.14. The lowest BCUT2D eigenvalue weighted by atomic mass is 10.0. The Morgan fingerprint density at radius 3 is 1.61 bits per heavy atom. The summed E-state index contributed by atoms with van der Waals surface area (Å²) in [6.45, 7) is 0. The van der Waals surface area contributed by atoms with Crippen molar-refractivity contribution in [3.63, 3.8) is 0 Å². The zero-order chi connectivity index (χ0) is 25.1. The summed E-state index contributed by atoms with van der Waals surface area (Å²) in [5, 5.41) is 8.08. The van der Waals surface area contributed by atoms with Crippen LogP contribution in [0.5, 0.6) is 0 Å². The molecule has 0 saturated heterocycles. The van der Waals surface area contributed by atoms with E-state index in [0.717, 1.165) is 44.0 Å². The van der Waals surface area contributed by atoms with Crippen molar-refractivity contribution in [2.24, 2.45) is 0 Å². The maximum Gasteiger partial charge on any atom is 0.172 e. The fourth-order valence-electron chi connectivity index (χ4n) is 5.79. The van der Waals surface area contributed by atoms with Crippen LogP contribution in [0.4, 0.5) is 0 Å². The van der Waals surface area contributed by atoms with E-state index in [2.05, 4.69) is 130 Å². The van der Waals surface area contributed by atoms with Crippen molar-refractivity contribution in [1.29, 1.82) is 0 Å². The minimum atomic E-state index is 0.677. The second-order valence-corrected chi connectivity index (χ2v) is 9.45. The Hall–Kier alpha value is -5.22. The summed E-state index contributed by atoms with van der Waals surface area (Å²) in [7, 11) is 0. The Kier molecular flexibility index (Phi) is 4.49. The van der Waals surface area contributed by atoms with Crippen LogP contribution in [0, 0.1) is 0 Å². The molecule has 8 rings (SSSR count). The Morgan fingerprint density at radius 1 is 0.500 bits per heavy atom. The predicted molar refractivity (Wildman–Crippen MR) is 156 cm³/mol. The molecule has 0 aliphatic carbocycles. The van der Waals surface area contributed by atoms with Crippen LogP contribution in [0.15, 0.2) is 132 Å². The molecule has 0 atom stereocenters. The third kappa shape index (κ3) is 2.98. The van der Waals surface area contributed by atoms with E-state index in [0.29, 0.717) is 5.58 Å².